The van der Waals surface area contributed by atoms with Crippen molar-refractivity contribution in [2.75, 3.05) is 11.9 Å². The van der Waals surface area contributed by atoms with Crippen LogP contribution in [0.15, 0.2) is 65.5 Å². The van der Waals surface area contributed by atoms with Gasteiger partial charge in [0.05, 0.1) is 11.4 Å². The maximum atomic E-state index is 13.6. The smallest absolute Gasteiger partial charge is 0.254 e. The molecule has 1 saturated heterocycles. The van der Waals surface area contributed by atoms with Gasteiger partial charge >= 0.3 is 0 Å². The predicted octanol–water partition coefficient (Wildman–Crippen LogP) is 7.03. The third-order valence-corrected chi connectivity index (χ3v) is 8.47. The Morgan fingerprint density at radius 1 is 1.07 bits per heavy atom. The number of nitrogens with zero attached hydrogens (tertiary/aromatic N) is 3. The van der Waals surface area contributed by atoms with Crippen LogP contribution in [0.3, 0.4) is 0 Å². The highest BCUT2D eigenvalue weighted by Gasteiger charge is 2.34. The van der Waals surface area contributed by atoms with Crippen LogP contribution in [0, 0.1) is 13.8 Å². The van der Waals surface area contributed by atoms with Crippen LogP contribution in [0.5, 0.6) is 5.75 Å². The Kier molecular flexibility index (Phi) is 9.79. The van der Waals surface area contributed by atoms with E-state index in [0.717, 1.165) is 40.8 Å². The quantitative estimate of drug-likeness (QED) is 0.162. The second kappa shape index (κ2) is 13.8. The Labute approximate surface area is 271 Å². The third kappa shape index (κ3) is 7.94. The molecule has 3 N–H and O–H groups in total. The Bertz CT molecular complexity index is 1710. The fourth-order valence-corrected chi connectivity index (χ4v) is 5.83. The average molecular weight is 624 g/mol. The molecular weight excluding hydrogens is 578 g/mol. The number of aryl methyl sites for hydroxylation is 3. The van der Waals surface area contributed by atoms with Gasteiger partial charge in [-0.25, -0.2) is 4.98 Å². The number of pyridine rings is 1. The number of benzene rings is 2. The van der Waals surface area contributed by atoms with Crippen molar-refractivity contribution in [2.45, 2.75) is 91.3 Å². The molecule has 46 heavy (non-hydrogen) atoms. The van der Waals surface area contributed by atoms with Crippen LogP contribution in [0.25, 0.3) is 0 Å². The summed E-state index contributed by atoms with van der Waals surface area (Å²) >= 11 is 0. The third-order valence-electron chi connectivity index (χ3n) is 8.47. The van der Waals surface area contributed by atoms with E-state index in [4.69, 9.17) is 4.42 Å². The molecule has 5 rings (SSSR count). The van der Waals surface area contributed by atoms with Crippen LogP contribution >= 0.6 is 0 Å². The average Bonchev–Trinajstić information content (AvgIpc) is 3.67. The minimum Gasteiger partial charge on any atom is -0.506 e. The summed E-state index contributed by atoms with van der Waals surface area (Å²) in [4.78, 5) is 37.4. The van der Waals surface area contributed by atoms with E-state index >= 15 is 0 Å². The lowest BCUT2D eigenvalue weighted by atomic mass is 9.88. The second-order valence-electron chi connectivity index (χ2n) is 13.5. The summed E-state index contributed by atoms with van der Waals surface area (Å²) in [6, 6.07) is 12.8. The Balaban J connectivity index is 1.15. The Morgan fingerprint density at radius 3 is 2.57 bits per heavy atom. The molecule has 0 spiro atoms. The first-order chi connectivity index (χ1) is 21.9. The minimum absolute atomic E-state index is 0.0153. The van der Waals surface area contributed by atoms with Crippen LogP contribution < -0.4 is 10.6 Å². The van der Waals surface area contributed by atoms with E-state index < -0.39 is 0 Å². The molecule has 0 aliphatic carbocycles. The maximum Gasteiger partial charge on any atom is 0.254 e. The molecule has 1 aliphatic heterocycles. The molecule has 2 atom stereocenters. The van der Waals surface area contributed by atoms with Crippen molar-refractivity contribution in [3.8, 4) is 5.75 Å². The molecule has 2 aromatic heterocycles. The highest BCUT2D eigenvalue weighted by atomic mass is 16.3. The number of hydrogen-bond acceptors (Lipinski definition) is 7. The number of aromatic nitrogens is 2. The minimum atomic E-state index is -0.223. The number of rotatable bonds is 10. The van der Waals surface area contributed by atoms with E-state index in [2.05, 4.69) is 47.4 Å². The van der Waals surface area contributed by atoms with E-state index in [9.17, 15) is 14.7 Å². The molecule has 2 amide bonds. The van der Waals surface area contributed by atoms with E-state index in [1.54, 1.807) is 29.4 Å². The number of hydrogen-bond donors (Lipinski definition) is 3. The van der Waals surface area contributed by atoms with Gasteiger partial charge in [0.1, 0.15) is 18.1 Å². The van der Waals surface area contributed by atoms with Crippen molar-refractivity contribution in [1.82, 2.24) is 20.2 Å². The van der Waals surface area contributed by atoms with Gasteiger partial charge in [0.15, 0.2) is 0 Å². The highest BCUT2D eigenvalue weighted by molar-refractivity contribution is 6.00. The summed E-state index contributed by atoms with van der Waals surface area (Å²) in [7, 11) is 0. The first-order valence-electron chi connectivity index (χ1n) is 16.0. The van der Waals surface area contributed by atoms with Gasteiger partial charge in [-0.05, 0) is 104 Å². The van der Waals surface area contributed by atoms with Gasteiger partial charge in [-0.2, -0.15) is 0 Å². The molecule has 4 aromatic rings. The molecule has 3 heterocycles. The molecule has 9 heteroatoms. The van der Waals surface area contributed by atoms with Crippen LogP contribution in [-0.4, -0.2) is 44.4 Å². The summed E-state index contributed by atoms with van der Waals surface area (Å²) in [5, 5.41) is 17.1. The van der Waals surface area contributed by atoms with Gasteiger partial charge < -0.3 is 25.1 Å². The van der Waals surface area contributed by atoms with Crippen molar-refractivity contribution in [3.05, 3.63) is 106 Å². The molecule has 0 bridgehead atoms. The second-order valence-corrected chi connectivity index (χ2v) is 13.5. The SMILES string of the molecule is Cc1cc(C(=O)N[C@@H](C)CCc2ccc(NCc3cncc(C(C)(C)C)c3)c(O)c2)cc(C(=O)N2CCC[C@@H]2c2nc(C)co2)c1. The van der Waals surface area contributed by atoms with Crippen molar-refractivity contribution in [2.24, 2.45) is 0 Å². The fraction of sp³-hybridized carbons (Fsp3) is 0.405. The molecule has 0 radical (unpaired) electrons. The zero-order valence-corrected chi connectivity index (χ0v) is 27.7. The van der Waals surface area contributed by atoms with Crippen molar-refractivity contribution in [3.63, 3.8) is 0 Å². The summed E-state index contributed by atoms with van der Waals surface area (Å²) < 4.78 is 5.61. The first kappa shape index (κ1) is 32.7. The highest BCUT2D eigenvalue weighted by Crippen LogP contribution is 2.33. The lowest BCUT2D eigenvalue weighted by Crippen LogP contribution is -2.34. The number of phenols is 1. The number of phenolic OH excluding ortho intramolecular Hbond substituents is 1. The molecule has 0 saturated carbocycles. The van der Waals surface area contributed by atoms with Gasteiger partial charge in [-0.1, -0.05) is 32.9 Å². The Hall–Kier alpha value is -4.66. The maximum absolute atomic E-state index is 13.6. The van der Waals surface area contributed by atoms with E-state index in [1.165, 1.54) is 0 Å². The zero-order valence-electron chi connectivity index (χ0n) is 27.7. The summed E-state index contributed by atoms with van der Waals surface area (Å²) in [6.07, 6.45) is 8.37. The topological polar surface area (TPSA) is 121 Å². The van der Waals surface area contributed by atoms with Crippen LogP contribution in [0.4, 0.5) is 5.69 Å². The zero-order chi connectivity index (χ0) is 33.0. The van der Waals surface area contributed by atoms with E-state index in [1.807, 2.05) is 51.4 Å². The van der Waals surface area contributed by atoms with Gasteiger partial charge in [-0.3, -0.25) is 14.6 Å². The van der Waals surface area contributed by atoms with E-state index in [-0.39, 0.29) is 35.1 Å². The van der Waals surface area contributed by atoms with Crippen LogP contribution in [0.2, 0.25) is 0 Å². The van der Waals surface area contributed by atoms with Crippen molar-refractivity contribution in [1.29, 1.82) is 0 Å². The molecule has 9 nitrogen and oxygen atoms in total. The number of anilines is 1. The number of oxazole rings is 1. The van der Waals surface area contributed by atoms with Gasteiger partial charge in [0.25, 0.3) is 11.8 Å². The van der Waals surface area contributed by atoms with Crippen molar-refractivity contribution < 1.29 is 19.1 Å². The molecule has 2 aromatic carbocycles. The molecule has 1 fully saturated rings. The predicted molar refractivity (Wildman–Crippen MR) is 179 cm³/mol. The van der Waals surface area contributed by atoms with Crippen LogP contribution in [0.1, 0.15) is 108 Å². The molecule has 242 valence electrons. The summed E-state index contributed by atoms with van der Waals surface area (Å²) in [5.41, 5.74) is 6.43. The number of carbonyl (C=O) groups excluding carboxylic acids is 2. The largest absolute Gasteiger partial charge is 0.506 e. The number of nitrogens with one attached hydrogen (secondary N) is 2. The number of amides is 2. The monoisotopic (exact) mass is 623 g/mol. The van der Waals surface area contributed by atoms with Gasteiger partial charge in [0.2, 0.25) is 5.89 Å². The van der Waals surface area contributed by atoms with Gasteiger partial charge in [0, 0.05) is 42.7 Å². The summed E-state index contributed by atoms with van der Waals surface area (Å²) in [6.45, 7) is 13.4. The standard InChI is InChI=1S/C37H45N5O4/c1-23-14-28(18-29(15-23)36(45)42-13-7-8-32(42)35-41-25(3)22-46-35)34(44)40-24(2)9-10-26-11-12-31(33(43)17-26)39-20-27-16-30(21-38-19-27)37(4,5)6/h11-12,14-19,21-22,24,32,39,43H,7-10,13,20H2,1-6H3,(H,40,44)/t24-,32+/m0/s1. The lowest BCUT2D eigenvalue weighted by Gasteiger charge is -2.23. The lowest BCUT2D eigenvalue weighted by molar-refractivity contribution is 0.0715. The summed E-state index contributed by atoms with van der Waals surface area (Å²) in [5.74, 6) is 0.390. The van der Waals surface area contributed by atoms with Crippen molar-refractivity contribution >= 4 is 17.5 Å². The molecule has 0 unspecified atom stereocenters. The molecular formula is C37H45N5O4. The fourth-order valence-electron chi connectivity index (χ4n) is 5.83. The molecule has 1 aliphatic rings. The number of carbonyl (C=O) groups is 2. The van der Waals surface area contributed by atoms with Crippen LogP contribution in [-0.2, 0) is 18.4 Å². The normalized spacial score (nSPS) is 15.5. The van der Waals surface area contributed by atoms with E-state index in [0.29, 0.717) is 48.6 Å². The Morgan fingerprint density at radius 2 is 1.85 bits per heavy atom. The number of aromatic hydroxyl groups is 1. The van der Waals surface area contributed by atoms with Gasteiger partial charge in [-0.15, -0.1) is 0 Å². The first-order valence-corrected chi connectivity index (χ1v) is 16.0. The number of likely N-dealkylation sites (tertiary alicyclic amines) is 1.